The molecule has 0 saturated carbocycles. The summed E-state index contributed by atoms with van der Waals surface area (Å²) in [5.74, 6) is 0.170. The lowest BCUT2D eigenvalue weighted by molar-refractivity contribution is 0.870. The molecule has 0 bridgehead atoms. The second-order valence-corrected chi connectivity index (χ2v) is 3.78. The molecular weight excluding hydrogens is 232 g/mol. The first-order valence-corrected chi connectivity index (χ1v) is 4.96. The molecule has 0 amide bonds. The number of hydrogen-bond acceptors (Lipinski definition) is 4. The number of hydrogen-bond donors (Lipinski definition) is 4. The fourth-order valence-corrected chi connectivity index (χ4v) is 0.687. The van der Waals surface area contributed by atoms with Crippen LogP contribution in [0.4, 0.5) is 0 Å². The van der Waals surface area contributed by atoms with Crippen molar-refractivity contribution in [2.75, 3.05) is 0 Å². The molecule has 0 aliphatic heterocycles. The van der Waals surface area contributed by atoms with Crippen molar-refractivity contribution in [2.45, 2.75) is 13.8 Å². The number of nitrogens with zero attached hydrogens (tertiary/aromatic N) is 2. The molecule has 0 fully saturated rings. The maximum atomic E-state index is 5.23. The lowest BCUT2D eigenvalue weighted by Gasteiger charge is -2.05. The van der Waals surface area contributed by atoms with Crippen molar-refractivity contribution in [3.05, 3.63) is 0 Å². The molecule has 84 valence electrons. The Morgan fingerprint density at radius 1 is 1.20 bits per heavy atom. The second kappa shape index (κ2) is 7.07. The normalized spacial score (nSPS) is 11.8. The highest BCUT2D eigenvalue weighted by atomic mass is 32.1. The topological polar surface area (TPSA) is 101 Å². The average molecular weight is 246 g/mol. The molecule has 0 aliphatic rings. The van der Waals surface area contributed by atoms with E-state index in [0.717, 1.165) is 0 Å². The van der Waals surface area contributed by atoms with Gasteiger partial charge in [0.15, 0.2) is 10.2 Å². The molecule has 0 aliphatic carbocycles. The van der Waals surface area contributed by atoms with Crippen LogP contribution in [-0.4, -0.2) is 22.2 Å². The number of nitrogens with two attached hydrogens (primary N) is 2. The van der Waals surface area contributed by atoms with E-state index in [1.54, 1.807) is 0 Å². The Morgan fingerprint density at radius 2 is 1.73 bits per heavy atom. The van der Waals surface area contributed by atoms with Crippen LogP contribution in [0.3, 0.4) is 0 Å². The summed E-state index contributed by atoms with van der Waals surface area (Å²) in [7, 11) is 0. The van der Waals surface area contributed by atoms with Crippen LogP contribution in [0.5, 0.6) is 0 Å². The number of hydrazone groups is 2. The van der Waals surface area contributed by atoms with Gasteiger partial charge in [-0.3, -0.25) is 10.9 Å². The number of rotatable bonds is 4. The van der Waals surface area contributed by atoms with Gasteiger partial charge in [-0.05, 0) is 30.4 Å². The third-order valence-electron chi connectivity index (χ3n) is 1.26. The van der Waals surface area contributed by atoms with Crippen molar-refractivity contribution in [3.8, 4) is 0 Å². The molecular formula is C7H14N6S2. The minimum Gasteiger partial charge on any atom is -0.375 e. The zero-order valence-electron chi connectivity index (χ0n) is 8.52. The van der Waals surface area contributed by atoms with Crippen LogP contribution in [0.2, 0.25) is 0 Å². The van der Waals surface area contributed by atoms with Gasteiger partial charge in [0.25, 0.3) is 0 Å². The first kappa shape index (κ1) is 13.7. The Hall–Kier alpha value is -1.28. The van der Waals surface area contributed by atoms with Gasteiger partial charge in [-0.2, -0.15) is 10.2 Å². The summed E-state index contributed by atoms with van der Waals surface area (Å²) in [6.07, 6.45) is 1.50. The van der Waals surface area contributed by atoms with Gasteiger partial charge in [-0.25, -0.2) is 0 Å². The molecule has 0 aromatic heterocycles. The third-order valence-corrected chi connectivity index (χ3v) is 1.44. The first-order chi connectivity index (χ1) is 6.93. The quantitative estimate of drug-likeness (QED) is 0.307. The molecule has 15 heavy (non-hydrogen) atoms. The SMILES string of the molecule is CC(C)C(/C=N\NC(N)=S)=N/NC(N)=S. The van der Waals surface area contributed by atoms with Crippen molar-refractivity contribution in [1.29, 1.82) is 0 Å². The highest BCUT2D eigenvalue weighted by Gasteiger charge is 2.02. The van der Waals surface area contributed by atoms with E-state index in [9.17, 15) is 0 Å². The lowest BCUT2D eigenvalue weighted by Crippen LogP contribution is -2.28. The third kappa shape index (κ3) is 7.77. The standard InChI is InChI=1S/C7H14N6S2/c1-4(2)5(11-13-7(9)15)3-10-12-6(8)14/h3-4H,1-2H3,(H3,8,12,14)(H3,9,13,15)/b10-3-,11-5+. The van der Waals surface area contributed by atoms with E-state index in [0.29, 0.717) is 5.71 Å². The molecule has 6 N–H and O–H groups in total. The van der Waals surface area contributed by atoms with Crippen LogP contribution in [0, 0.1) is 5.92 Å². The van der Waals surface area contributed by atoms with E-state index in [-0.39, 0.29) is 16.1 Å². The number of nitrogens with one attached hydrogen (secondary N) is 2. The van der Waals surface area contributed by atoms with E-state index in [4.69, 9.17) is 11.5 Å². The van der Waals surface area contributed by atoms with Gasteiger partial charge in [0, 0.05) is 0 Å². The van der Waals surface area contributed by atoms with Gasteiger partial charge in [-0.15, -0.1) is 0 Å². The fourth-order valence-electron chi connectivity index (χ4n) is 0.589. The van der Waals surface area contributed by atoms with E-state index in [2.05, 4.69) is 45.5 Å². The summed E-state index contributed by atoms with van der Waals surface area (Å²) >= 11 is 9.19. The summed E-state index contributed by atoms with van der Waals surface area (Å²) in [5, 5.41) is 7.92. The summed E-state index contributed by atoms with van der Waals surface area (Å²) in [5.41, 5.74) is 16.0. The van der Waals surface area contributed by atoms with Crippen molar-refractivity contribution >= 4 is 46.6 Å². The molecule has 0 aromatic carbocycles. The van der Waals surface area contributed by atoms with Crippen molar-refractivity contribution in [3.63, 3.8) is 0 Å². The van der Waals surface area contributed by atoms with Crippen LogP contribution < -0.4 is 22.3 Å². The minimum atomic E-state index is 0.0941. The lowest BCUT2D eigenvalue weighted by atomic mass is 10.1. The average Bonchev–Trinajstić information content (AvgIpc) is 2.09. The summed E-state index contributed by atoms with van der Waals surface area (Å²) < 4.78 is 0. The van der Waals surface area contributed by atoms with Gasteiger partial charge in [0.2, 0.25) is 0 Å². The molecule has 0 rings (SSSR count). The van der Waals surface area contributed by atoms with Gasteiger partial charge in [-0.1, -0.05) is 13.8 Å². The fraction of sp³-hybridized carbons (Fsp3) is 0.429. The smallest absolute Gasteiger partial charge is 0.184 e. The number of thiocarbonyl (C=S) groups is 2. The molecule has 0 heterocycles. The van der Waals surface area contributed by atoms with Crippen LogP contribution in [0.15, 0.2) is 10.2 Å². The van der Waals surface area contributed by atoms with Crippen LogP contribution in [-0.2, 0) is 0 Å². The van der Waals surface area contributed by atoms with Crippen molar-refractivity contribution in [1.82, 2.24) is 10.9 Å². The monoisotopic (exact) mass is 246 g/mol. The zero-order valence-corrected chi connectivity index (χ0v) is 10.2. The van der Waals surface area contributed by atoms with Gasteiger partial charge >= 0.3 is 0 Å². The minimum absolute atomic E-state index is 0.0941. The molecule has 0 aromatic rings. The maximum Gasteiger partial charge on any atom is 0.184 e. The molecule has 0 atom stereocenters. The summed E-state index contributed by atoms with van der Waals surface area (Å²) in [6.45, 7) is 3.90. The second-order valence-electron chi connectivity index (χ2n) is 2.90. The predicted molar refractivity (Wildman–Crippen MR) is 70.6 cm³/mol. The van der Waals surface area contributed by atoms with E-state index >= 15 is 0 Å². The van der Waals surface area contributed by atoms with Gasteiger partial charge < -0.3 is 11.5 Å². The molecule has 0 spiro atoms. The molecule has 8 heteroatoms. The maximum absolute atomic E-state index is 5.23. The van der Waals surface area contributed by atoms with E-state index in [1.165, 1.54) is 6.21 Å². The molecule has 0 saturated heterocycles. The zero-order chi connectivity index (χ0) is 11.8. The molecule has 0 radical (unpaired) electrons. The van der Waals surface area contributed by atoms with E-state index in [1.807, 2.05) is 13.8 Å². The van der Waals surface area contributed by atoms with Gasteiger partial charge in [0.05, 0.1) is 11.9 Å². The van der Waals surface area contributed by atoms with Crippen molar-refractivity contribution in [2.24, 2.45) is 27.6 Å². The Bertz CT molecular complexity index is 296. The van der Waals surface area contributed by atoms with Crippen LogP contribution in [0.1, 0.15) is 13.8 Å². The molecule has 6 nitrogen and oxygen atoms in total. The highest BCUT2D eigenvalue weighted by Crippen LogP contribution is 1.93. The van der Waals surface area contributed by atoms with Crippen LogP contribution >= 0.6 is 24.4 Å². The first-order valence-electron chi connectivity index (χ1n) is 4.15. The van der Waals surface area contributed by atoms with Gasteiger partial charge in [0.1, 0.15) is 0 Å². The molecule has 0 unspecified atom stereocenters. The Balaban J connectivity index is 4.40. The highest BCUT2D eigenvalue weighted by molar-refractivity contribution is 7.80. The largest absolute Gasteiger partial charge is 0.375 e. The Morgan fingerprint density at radius 3 is 2.13 bits per heavy atom. The Kier molecular flexibility index (Phi) is 6.47. The summed E-state index contributed by atoms with van der Waals surface area (Å²) in [4.78, 5) is 0. The summed E-state index contributed by atoms with van der Waals surface area (Å²) in [6, 6.07) is 0. The van der Waals surface area contributed by atoms with Crippen LogP contribution in [0.25, 0.3) is 0 Å². The van der Waals surface area contributed by atoms with Crippen molar-refractivity contribution < 1.29 is 0 Å². The Labute approximate surface area is 99.2 Å². The predicted octanol–water partition coefficient (Wildman–Crippen LogP) is -0.349. The van der Waals surface area contributed by atoms with E-state index < -0.39 is 0 Å².